The van der Waals surface area contributed by atoms with Gasteiger partial charge in [0.15, 0.2) is 0 Å². The molecule has 4 heteroatoms. The largest absolute Gasteiger partial charge is 0.310 e. The molecule has 1 aromatic heterocycles. The van der Waals surface area contributed by atoms with Crippen molar-refractivity contribution in [3.63, 3.8) is 0 Å². The standard InChI is InChI=1S/C16H15ClN2O/c1-11-3-2-4-14(18-11)19-15(20)16(9-10-16)12-5-7-13(17)8-6-12/h2-8H,9-10H2,1H3,(H,18,19,20). The fourth-order valence-electron chi connectivity index (χ4n) is 2.39. The van der Waals surface area contributed by atoms with Crippen LogP contribution in [0.25, 0.3) is 0 Å². The quantitative estimate of drug-likeness (QED) is 0.934. The average molecular weight is 287 g/mol. The van der Waals surface area contributed by atoms with Crippen LogP contribution in [0.2, 0.25) is 5.02 Å². The number of halogens is 1. The van der Waals surface area contributed by atoms with E-state index in [9.17, 15) is 4.79 Å². The van der Waals surface area contributed by atoms with Crippen LogP contribution in [0.3, 0.4) is 0 Å². The van der Waals surface area contributed by atoms with Crippen LogP contribution in [0.15, 0.2) is 42.5 Å². The first-order valence-corrected chi connectivity index (χ1v) is 6.99. The van der Waals surface area contributed by atoms with Crippen LogP contribution in [0.5, 0.6) is 0 Å². The number of pyridine rings is 1. The Kier molecular flexibility index (Phi) is 3.22. The summed E-state index contributed by atoms with van der Waals surface area (Å²) in [7, 11) is 0. The number of hydrogen-bond acceptors (Lipinski definition) is 2. The molecule has 0 unspecified atom stereocenters. The predicted molar refractivity (Wildman–Crippen MR) is 80.0 cm³/mol. The van der Waals surface area contributed by atoms with Gasteiger partial charge in [-0.05, 0) is 49.6 Å². The number of aromatic nitrogens is 1. The Morgan fingerprint density at radius 1 is 1.20 bits per heavy atom. The van der Waals surface area contributed by atoms with E-state index in [2.05, 4.69) is 10.3 Å². The van der Waals surface area contributed by atoms with E-state index in [-0.39, 0.29) is 5.91 Å². The van der Waals surface area contributed by atoms with Crippen LogP contribution in [-0.2, 0) is 10.2 Å². The molecule has 0 spiro atoms. The molecule has 3 nitrogen and oxygen atoms in total. The monoisotopic (exact) mass is 286 g/mol. The summed E-state index contributed by atoms with van der Waals surface area (Å²) in [6.45, 7) is 1.90. The van der Waals surface area contributed by atoms with E-state index in [0.29, 0.717) is 10.8 Å². The highest BCUT2D eigenvalue weighted by Gasteiger charge is 2.51. The van der Waals surface area contributed by atoms with Gasteiger partial charge in [0.1, 0.15) is 5.82 Å². The van der Waals surface area contributed by atoms with Crippen molar-refractivity contribution in [2.75, 3.05) is 5.32 Å². The van der Waals surface area contributed by atoms with Gasteiger partial charge in [0.05, 0.1) is 5.41 Å². The number of nitrogens with one attached hydrogen (secondary N) is 1. The first-order valence-electron chi connectivity index (χ1n) is 6.61. The lowest BCUT2D eigenvalue weighted by Crippen LogP contribution is -2.28. The minimum Gasteiger partial charge on any atom is -0.310 e. The molecule has 0 bridgehead atoms. The molecular weight excluding hydrogens is 272 g/mol. The van der Waals surface area contributed by atoms with E-state index >= 15 is 0 Å². The lowest BCUT2D eigenvalue weighted by molar-refractivity contribution is -0.118. The molecule has 0 atom stereocenters. The Labute approximate surface area is 123 Å². The highest BCUT2D eigenvalue weighted by Crippen LogP contribution is 2.49. The maximum atomic E-state index is 12.5. The fourth-order valence-corrected chi connectivity index (χ4v) is 2.52. The zero-order valence-corrected chi connectivity index (χ0v) is 11.9. The van der Waals surface area contributed by atoms with Crippen LogP contribution in [0, 0.1) is 6.92 Å². The van der Waals surface area contributed by atoms with E-state index in [1.807, 2.05) is 49.4 Å². The van der Waals surface area contributed by atoms with E-state index in [0.717, 1.165) is 24.1 Å². The Balaban J connectivity index is 1.81. The third-order valence-electron chi connectivity index (χ3n) is 3.71. The normalized spacial score (nSPS) is 15.7. The predicted octanol–water partition coefficient (Wildman–Crippen LogP) is 3.71. The van der Waals surface area contributed by atoms with Crippen LogP contribution in [0.4, 0.5) is 5.82 Å². The number of benzene rings is 1. The topological polar surface area (TPSA) is 42.0 Å². The molecule has 0 aliphatic heterocycles. The molecule has 0 radical (unpaired) electrons. The number of anilines is 1. The maximum Gasteiger partial charge on any atom is 0.236 e. The second kappa shape index (κ2) is 4.91. The molecule has 3 rings (SSSR count). The summed E-state index contributed by atoms with van der Waals surface area (Å²) >= 11 is 5.90. The number of hydrogen-bond donors (Lipinski definition) is 1. The lowest BCUT2D eigenvalue weighted by Gasteiger charge is -2.15. The number of amides is 1. The Morgan fingerprint density at radius 3 is 2.50 bits per heavy atom. The minimum absolute atomic E-state index is 0.0120. The lowest BCUT2D eigenvalue weighted by atomic mass is 9.95. The van der Waals surface area contributed by atoms with Crippen LogP contribution in [-0.4, -0.2) is 10.9 Å². The third-order valence-corrected chi connectivity index (χ3v) is 3.96. The molecule has 1 aromatic carbocycles. The molecule has 0 saturated heterocycles. The van der Waals surface area contributed by atoms with Crippen molar-refractivity contribution in [3.8, 4) is 0 Å². The molecule has 1 aliphatic carbocycles. The van der Waals surface area contributed by atoms with Gasteiger partial charge in [0, 0.05) is 10.7 Å². The summed E-state index contributed by atoms with van der Waals surface area (Å²) in [6.07, 6.45) is 1.73. The minimum atomic E-state index is -0.407. The van der Waals surface area contributed by atoms with E-state index < -0.39 is 5.41 Å². The number of nitrogens with zero attached hydrogens (tertiary/aromatic N) is 1. The second-order valence-corrected chi connectivity index (χ2v) is 5.64. The summed E-state index contributed by atoms with van der Waals surface area (Å²) < 4.78 is 0. The Morgan fingerprint density at radius 2 is 1.90 bits per heavy atom. The second-order valence-electron chi connectivity index (χ2n) is 5.21. The molecule has 1 fully saturated rings. The highest BCUT2D eigenvalue weighted by molar-refractivity contribution is 6.30. The molecule has 1 N–H and O–H groups in total. The van der Waals surface area contributed by atoms with Crippen LogP contribution >= 0.6 is 11.6 Å². The number of aryl methyl sites for hydroxylation is 1. The van der Waals surface area contributed by atoms with Crippen molar-refractivity contribution in [1.29, 1.82) is 0 Å². The van der Waals surface area contributed by atoms with E-state index in [1.165, 1.54) is 0 Å². The molecule has 20 heavy (non-hydrogen) atoms. The van der Waals surface area contributed by atoms with Gasteiger partial charge in [-0.25, -0.2) is 4.98 Å². The smallest absolute Gasteiger partial charge is 0.236 e. The van der Waals surface area contributed by atoms with Crippen LogP contribution in [0.1, 0.15) is 24.1 Å². The number of rotatable bonds is 3. The van der Waals surface area contributed by atoms with Gasteiger partial charge in [-0.2, -0.15) is 0 Å². The summed E-state index contributed by atoms with van der Waals surface area (Å²) in [5.74, 6) is 0.619. The maximum absolute atomic E-state index is 12.5. The van der Waals surface area contributed by atoms with Crippen molar-refractivity contribution >= 4 is 23.3 Å². The van der Waals surface area contributed by atoms with E-state index in [1.54, 1.807) is 0 Å². The van der Waals surface area contributed by atoms with Gasteiger partial charge in [-0.15, -0.1) is 0 Å². The van der Waals surface area contributed by atoms with Gasteiger partial charge < -0.3 is 5.32 Å². The summed E-state index contributed by atoms with van der Waals surface area (Å²) in [5, 5.41) is 3.60. The van der Waals surface area contributed by atoms with Gasteiger partial charge in [-0.3, -0.25) is 4.79 Å². The zero-order chi connectivity index (χ0) is 14.2. The Hall–Kier alpha value is -1.87. The summed E-state index contributed by atoms with van der Waals surface area (Å²) in [4.78, 5) is 16.8. The van der Waals surface area contributed by atoms with Crippen molar-refractivity contribution in [3.05, 3.63) is 58.7 Å². The Bertz CT molecular complexity index is 648. The van der Waals surface area contributed by atoms with Crippen molar-refractivity contribution < 1.29 is 4.79 Å². The van der Waals surface area contributed by atoms with Gasteiger partial charge in [-0.1, -0.05) is 29.8 Å². The van der Waals surface area contributed by atoms with Crippen LogP contribution < -0.4 is 5.32 Å². The first kappa shape index (κ1) is 13.1. The van der Waals surface area contributed by atoms with Crippen molar-refractivity contribution in [2.45, 2.75) is 25.2 Å². The molecule has 1 amide bonds. The molecule has 1 heterocycles. The third kappa shape index (κ3) is 2.41. The van der Waals surface area contributed by atoms with Crippen molar-refractivity contribution in [1.82, 2.24) is 4.98 Å². The van der Waals surface area contributed by atoms with Gasteiger partial charge in [0.2, 0.25) is 5.91 Å². The van der Waals surface area contributed by atoms with Gasteiger partial charge in [0.25, 0.3) is 0 Å². The molecule has 1 saturated carbocycles. The fraction of sp³-hybridized carbons (Fsp3) is 0.250. The summed E-state index contributed by atoms with van der Waals surface area (Å²) in [5.41, 5.74) is 1.50. The molecule has 2 aromatic rings. The molecule has 1 aliphatic rings. The first-order chi connectivity index (χ1) is 9.60. The summed E-state index contributed by atoms with van der Waals surface area (Å²) in [6, 6.07) is 13.1. The van der Waals surface area contributed by atoms with Crippen molar-refractivity contribution in [2.24, 2.45) is 0 Å². The highest BCUT2D eigenvalue weighted by atomic mass is 35.5. The van der Waals surface area contributed by atoms with E-state index in [4.69, 9.17) is 11.6 Å². The average Bonchev–Trinajstić information content (AvgIpc) is 3.21. The zero-order valence-electron chi connectivity index (χ0n) is 11.2. The number of carbonyl (C=O) groups excluding carboxylic acids is 1. The molecule has 102 valence electrons. The SMILES string of the molecule is Cc1cccc(NC(=O)C2(c3ccc(Cl)cc3)CC2)n1. The van der Waals surface area contributed by atoms with Gasteiger partial charge >= 0.3 is 0 Å². The number of carbonyl (C=O) groups is 1. The molecular formula is C16H15ClN2O.